The number of amides is 4. The van der Waals surface area contributed by atoms with Crippen molar-refractivity contribution in [3.05, 3.63) is 144 Å². The van der Waals surface area contributed by atoms with E-state index in [0.717, 1.165) is 12.1 Å². The summed E-state index contributed by atoms with van der Waals surface area (Å²) in [6.07, 6.45) is 0. The third-order valence-electron chi connectivity index (χ3n) is 10.4. The number of anilines is 4. The maximum atomic E-state index is 13.3. The van der Waals surface area contributed by atoms with E-state index in [4.69, 9.17) is 0 Å². The Bertz CT molecular complexity index is 4010. The number of fused-ring (bicyclic) bond motifs is 2. The average molecular weight is 1140 g/mol. The molecule has 4 amide bonds. The first-order valence-corrected chi connectivity index (χ1v) is 28.4. The van der Waals surface area contributed by atoms with Crippen LogP contribution < -0.4 is 21.3 Å². The highest BCUT2D eigenvalue weighted by molar-refractivity contribution is 7.88. The van der Waals surface area contributed by atoms with Gasteiger partial charge in [-0.3, -0.25) is 46.5 Å². The summed E-state index contributed by atoms with van der Waals surface area (Å²) >= 11 is 0. The van der Waals surface area contributed by atoms with E-state index in [1.165, 1.54) is 72.8 Å². The van der Waals surface area contributed by atoms with Gasteiger partial charge in [-0.25, -0.2) is 0 Å². The first-order chi connectivity index (χ1) is 34.1. The maximum Gasteiger partial charge on any atom is 0.295 e. The van der Waals surface area contributed by atoms with Crippen LogP contribution in [-0.4, -0.2) is 101 Å². The summed E-state index contributed by atoms with van der Waals surface area (Å²) in [6.45, 7) is 0. The molecule has 0 aliphatic carbocycles. The van der Waals surface area contributed by atoms with E-state index < -0.39 is 147 Å². The lowest BCUT2D eigenvalue weighted by Gasteiger charge is -2.15. The molecule has 386 valence electrons. The van der Waals surface area contributed by atoms with Crippen LogP contribution in [0.2, 0.25) is 0 Å². The molecule has 0 unspecified atom stereocenters. The van der Waals surface area contributed by atoms with Crippen molar-refractivity contribution in [2.24, 2.45) is 0 Å². The van der Waals surface area contributed by atoms with Crippen molar-refractivity contribution in [2.45, 2.75) is 29.4 Å². The van der Waals surface area contributed by atoms with E-state index in [1.54, 1.807) is 0 Å². The fourth-order valence-electron chi connectivity index (χ4n) is 7.13. The molecule has 0 radical (unpaired) electrons. The maximum absolute atomic E-state index is 13.3. The van der Waals surface area contributed by atoms with Gasteiger partial charge in [0.2, 0.25) is 0 Å². The van der Waals surface area contributed by atoms with Crippen molar-refractivity contribution in [1.82, 2.24) is 0 Å². The predicted octanol–water partition coefficient (Wildman–Crippen LogP) is 4.48. The van der Waals surface area contributed by atoms with E-state index in [2.05, 4.69) is 21.3 Å². The quantitative estimate of drug-likeness (QED) is 0.0671. The summed E-state index contributed by atoms with van der Waals surface area (Å²) < 4.78 is 204. The van der Waals surface area contributed by atoms with E-state index in [-0.39, 0.29) is 33.6 Å². The molecule has 0 saturated carbocycles. The minimum Gasteiger partial charge on any atom is -0.322 e. The van der Waals surface area contributed by atoms with Crippen LogP contribution in [0.3, 0.4) is 0 Å². The van der Waals surface area contributed by atoms with E-state index in [1.807, 2.05) is 0 Å². The summed E-state index contributed by atoms with van der Waals surface area (Å²) in [5.74, 6) is -3.32. The van der Waals surface area contributed by atoms with Crippen LogP contribution in [0.25, 0.3) is 21.5 Å². The zero-order valence-electron chi connectivity index (χ0n) is 36.2. The highest BCUT2D eigenvalue weighted by atomic mass is 32.2. The molecule has 0 spiro atoms. The molecular formula is C42H30N4O22S6. The summed E-state index contributed by atoms with van der Waals surface area (Å²) in [7, 11) is -31.7. The van der Waals surface area contributed by atoms with Gasteiger partial charge >= 0.3 is 0 Å². The fourth-order valence-corrected chi connectivity index (χ4v) is 11.2. The Balaban J connectivity index is 1.02. The van der Waals surface area contributed by atoms with Crippen LogP contribution in [0.15, 0.2) is 151 Å². The Labute approximate surface area is 417 Å². The van der Waals surface area contributed by atoms with E-state index in [9.17, 15) is 97.0 Å². The standard InChI is InChI=1S/C42H30N4O22S6/c47-39(43-25-9-5-23(6-10-25)41(49)45-31-13-15-33(71(57,58)59)29-17-27(69(51,52)53)19-35(37(29)31)73(63,64)65)21-1-2-22(4-3-21)40(48)44-26-11-7-24(8-12-26)42(50)46-32-14-16-34(72(60,61)62)30-18-28(70(54,55)56)20-36(38(30)32)74(66,67)68/h1-20H,(H,43,47)(H,44,48)(H,45,49)(H,46,50)(H,51,52,53)(H,54,55,56)(H,57,58,59)(H,60,61,62)(H,63,64,65)(H,66,67,68). The molecule has 32 heteroatoms. The van der Waals surface area contributed by atoms with Crippen LogP contribution >= 0.6 is 0 Å². The Hall–Kier alpha value is -7.60. The molecule has 0 saturated heterocycles. The Morgan fingerprint density at radius 2 is 0.554 bits per heavy atom. The molecule has 74 heavy (non-hydrogen) atoms. The molecule has 26 nitrogen and oxygen atoms in total. The highest BCUT2D eigenvalue weighted by Gasteiger charge is 2.29. The lowest BCUT2D eigenvalue weighted by Crippen LogP contribution is -2.16. The minimum absolute atomic E-state index is 0.0498. The van der Waals surface area contributed by atoms with Crippen molar-refractivity contribution >= 4 is 129 Å². The SMILES string of the molecule is O=C(Nc1ccc(C(=O)Nc2ccc(S(=O)(=O)O)c3cc(S(=O)(=O)O)cc(S(=O)(=O)O)c23)cc1)c1ccc(C(=O)Nc2ccc(C(=O)Nc3ccc(S(=O)(=O)O)c4cc(S(=O)(=O)O)cc(S(=O)(=O)O)c34)cc2)cc1. The van der Waals surface area contributed by atoms with Gasteiger partial charge in [0.05, 0.1) is 21.2 Å². The molecule has 0 aliphatic heterocycles. The second kappa shape index (κ2) is 19.3. The smallest absolute Gasteiger partial charge is 0.295 e. The van der Waals surface area contributed by atoms with Crippen LogP contribution in [0.4, 0.5) is 22.7 Å². The van der Waals surface area contributed by atoms with Gasteiger partial charge in [0.25, 0.3) is 84.3 Å². The number of rotatable bonds is 14. The summed E-state index contributed by atoms with van der Waals surface area (Å²) in [5.41, 5.74) is -0.873. The Kier molecular flexibility index (Phi) is 14.2. The number of nitrogens with one attached hydrogen (secondary N) is 4. The van der Waals surface area contributed by atoms with Crippen molar-refractivity contribution in [1.29, 1.82) is 0 Å². The molecule has 0 atom stereocenters. The van der Waals surface area contributed by atoms with Gasteiger partial charge in [-0.05, 0) is 121 Å². The van der Waals surface area contributed by atoms with Crippen molar-refractivity contribution in [3.8, 4) is 0 Å². The third kappa shape index (κ3) is 11.8. The first-order valence-electron chi connectivity index (χ1n) is 19.7. The third-order valence-corrected chi connectivity index (χ3v) is 15.7. The van der Waals surface area contributed by atoms with Gasteiger partial charge in [-0.15, -0.1) is 0 Å². The summed E-state index contributed by atoms with van der Waals surface area (Å²) in [4.78, 5) is 45.8. The molecular weight excluding hydrogens is 1100 g/mol. The van der Waals surface area contributed by atoms with Crippen LogP contribution in [0.5, 0.6) is 0 Å². The van der Waals surface area contributed by atoms with Gasteiger partial charge in [-0.2, -0.15) is 50.5 Å². The number of hydrogen-bond acceptors (Lipinski definition) is 16. The van der Waals surface area contributed by atoms with E-state index in [0.29, 0.717) is 36.4 Å². The monoisotopic (exact) mass is 1130 g/mol. The molecule has 0 aromatic heterocycles. The second-order valence-corrected chi connectivity index (χ2v) is 23.7. The lowest BCUT2D eigenvalue weighted by molar-refractivity contribution is 0.101. The predicted molar refractivity (Wildman–Crippen MR) is 258 cm³/mol. The fraction of sp³-hybridized carbons (Fsp3) is 0. The summed E-state index contributed by atoms with van der Waals surface area (Å²) in [5, 5.41) is 6.56. The van der Waals surface area contributed by atoms with Crippen LogP contribution in [0, 0.1) is 0 Å². The minimum atomic E-state index is -5.40. The van der Waals surface area contributed by atoms with Gasteiger partial charge in [0, 0.05) is 55.2 Å². The largest absolute Gasteiger partial charge is 0.322 e. The zero-order valence-corrected chi connectivity index (χ0v) is 41.1. The van der Waals surface area contributed by atoms with Crippen LogP contribution in [-0.2, 0) is 60.7 Å². The normalized spacial score (nSPS) is 12.5. The van der Waals surface area contributed by atoms with Gasteiger partial charge in [0.15, 0.2) is 0 Å². The molecule has 7 aromatic rings. The first kappa shape index (κ1) is 54.2. The lowest BCUT2D eigenvalue weighted by atomic mass is 10.1. The molecule has 10 N–H and O–H groups in total. The Morgan fingerprint density at radius 1 is 0.297 bits per heavy atom. The van der Waals surface area contributed by atoms with Gasteiger partial charge < -0.3 is 21.3 Å². The molecule has 0 bridgehead atoms. The number of benzene rings is 7. The zero-order chi connectivity index (χ0) is 54.7. The average Bonchev–Trinajstić information content (AvgIpc) is 3.29. The Morgan fingerprint density at radius 3 is 0.811 bits per heavy atom. The van der Waals surface area contributed by atoms with Gasteiger partial charge in [0.1, 0.15) is 19.6 Å². The molecule has 0 aliphatic rings. The van der Waals surface area contributed by atoms with Gasteiger partial charge in [-0.1, -0.05) is 0 Å². The number of carbonyl (C=O) groups excluding carboxylic acids is 4. The van der Waals surface area contributed by atoms with Crippen molar-refractivity contribution < 1.29 is 97.0 Å². The molecule has 0 fully saturated rings. The van der Waals surface area contributed by atoms with Crippen molar-refractivity contribution in [2.75, 3.05) is 21.3 Å². The highest BCUT2D eigenvalue weighted by Crippen LogP contribution is 2.39. The number of hydrogen-bond donors (Lipinski definition) is 10. The second-order valence-electron chi connectivity index (χ2n) is 15.3. The molecule has 0 heterocycles. The van der Waals surface area contributed by atoms with Crippen molar-refractivity contribution in [3.63, 3.8) is 0 Å². The number of carbonyl (C=O) groups is 4. The van der Waals surface area contributed by atoms with E-state index >= 15 is 0 Å². The summed E-state index contributed by atoms with van der Waals surface area (Å²) in [6, 6.07) is 19.8. The molecule has 7 rings (SSSR count). The topological polar surface area (TPSA) is 443 Å². The molecule has 7 aromatic carbocycles. The van der Waals surface area contributed by atoms with Crippen LogP contribution in [0.1, 0.15) is 41.4 Å².